The number of thiophene rings is 1. The van der Waals surface area contributed by atoms with Crippen LogP contribution in [0, 0.1) is 11.8 Å². The molecule has 4 nitrogen and oxygen atoms in total. The molecule has 0 amide bonds. The second-order valence-electron chi connectivity index (χ2n) is 4.26. The molecule has 0 atom stereocenters. The summed E-state index contributed by atoms with van der Waals surface area (Å²) in [6.45, 7) is 0.148. The molecule has 1 aromatic heterocycles. The molecule has 1 heterocycles. The highest BCUT2D eigenvalue weighted by Gasteiger charge is 2.12. The van der Waals surface area contributed by atoms with Crippen LogP contribution in [0.2, 0.25) is 0 Å². The number of aliphatic hydroxyl groups excluding tert-OH is 1. The lowest BCUT2D eigenvalue weighted by atomic mass is 10.2. The molecule has 0 aliphatic carbocycles. The van der Waals surface area contributed by atoms with Crippen molar-refractivity contribution in [2.24, 2.45) is 0 Å². The number of nitrogens with one attached hydrogen (secondary N) is 1. The van der Waals surface area contributed by atoms with Crippen LogP contribution in [0.5, 0.6) is 0 Å². The van der Waals surface area contributed by atoms with Crippen molar-refractivity contribution in [1.82, 2.24) is 4.72 Å². The normalized spacial score (nSPS) is 10.9. The first-order valence-electron chi connectivity index (χ1n) is 6.32. The van der Waals surface area contributed by atoms with Crippen molar-refractivity contribution in [2.75, 3.05) is 13.2 Å². The van der Waals surface area contributed by atoms with Gasteiger partial charge < -0.3 is 5.11 Å². The van der Waals surface area contributed by atoms with E-state index in [1.54, 1.807) is 23.5 Å². The van der Waals surface area contributed by atoms with E-state index < -0.39 is 10.0 Å². The van der Waals surface area contributed by atoms with Crippen LogP contribution < -0.4 is 4.72 Å². The number of aliphatic hydroxyl groups is 1. The highest BCUT2D eigenvalue weighted by molar-refractivity contribution is 7.89. The largest absolute Gasteiger partial charge is 0.384 e. The van der Waals surface area contributed by atoms with E-state index in [-0.39, 0.29) is 11.5 Å². The second-order valence-corrected chi connectivity index (χ2v) is 6.81. The molecule has 0 saturated carbocycles. The van der Waals surface area contributed by atoms with Gasteiger partial charge in [-0.2, -0.15) is 11.3 Å². The van der Waals surface area contributed by atoms with E-state index in [0.717, 1.165) is 5.56 Å². The van der Waals surface area contributed by atoms with Gasteiger partial charge in [-0.25, -0.2) is 13.1 Å². The van der Waals surface area contributed by atoms with Crippen molar-refractivity contribution in [3.63, 3.8) is 0 Å². The summed E-state index contributed by atoms with van der Waals surface area (Å²) in [5.74, 6) is 5.23. The molecule has 110 valence electrons. The topological polar surface area (TPSA) is 66.4 Å². The Hall–Kier alpha value is -1.65. The first-order chi connectivity index (χ1) is 10.1. The Balaban J connectivity index is 1.98. The first-order valence-corrected chi connectivity index (χ1v) is 8.75. The van der Waals surface area contributed by atoms with Gasteiger partial charge in [0.05, 0.1) is 4.90 Å². The number of hydrogen-bond acceptors (Lipinski definition) is 4. The second kappa shape index (κ2) is 7.38. The molecule has 0 aliphatic heterocycles. The molecule has 2 aromatic rings. The maximum Gasteiger partial charge on any atom is 0.240 e. The standard InChI is InChI=1S/C15H15NO3S2/c17-10-1-2-13-3-5-15(6-4-13)21(18,19)16-9-7-14-8-11-20-12-14/h3-6,8,11-12,16-17H,7,9-10H2. The third kappa shape index (κ3) is 4.69. The molecular formula is C15H15NO3S2. The zero-order chi connectivity index (χ0) is 15.1. The summed E-state index contributed by atoms with van der Waals surface area (Å²) in [6, 6.07) is 8.24. The minimum absolute atomic E-state index is 0.211. The van der Waals surface area contributed by atoms with E-state index >= 15 is 0 Å². The van der Waals surface area contributed by atoms with Crippen LogP contribution in [0.4, 0.5) is 0 Å². The Bertz CT molecular complexity index is 723. The number of sulfonamides is 1. The van der Waals surface area contributed by atoms with Gasteiger partial charge in [0.1, 0.15) is 6.61 Å². The number of hydrogen-bond donors (Lipinski definition) is 2. The maximum atomic E-state index is 12.1. The van der Waals surface area contributed by atoms with Gasteiger partial charge in [-0.1, -0.05) is 11.8 Å². The van der Waals surface area contributed by atoms with E-state index in [1.807, 2.05) is 16.8 Å². The highest BCUT2D eigenvalue weighted by atomic mass is 32.2. The summed E-state index contributed by atoms with van der Waals surface area (Å²) in [5, 5.41) is 12.6. The third-order valence-corrected chi connectivity index (χ3v) is 4.97. The smallest absolute Gasteiger partial charge is 0.240 e. The van der Waals surface area contributed by atoms with Crippen LogP contribution in [0.1, 0.15) is 11.1 Å². The quantitative estimate of drug-likeness (QED) is 0.822. The number of rotatable bonds is 5. The van der Waals surface area contributed by atoms with Crippen molar-refractivity contribution in [1.29, 1.82) is 0 Å². The van der Waals surface area contributed by atoms with E-state index in [1.165, 1.54) is 12.1 Å². The molecule has 0 saturated heterocycles. The molecule has 2 rings (SSSR count). The van der Waals surface area contributed by atoms with Crippen LogP contribution in [-0.2, 0) is 16.4 Å². The molecule has 1 aromatic carbocycles. The van der Waals surface area contributed by atoms with Crippen molar-refractivity contribution in [2.45, 2.75) is 11.3 Å². The predicted octanol–water partition coefficient (Wildman–Crippen LogP) is 1.61. The number of benzene rings is 1. The lowest BCUT2D eigenvalue weighted by molar-refractivity contribution is 0.350. The van der Waals surface area contributed by atoms with Crippen molar-refractivity contribution in [3.05, 3.63) is 52.2 Å². The lowest BCUT2D eigenvalue weighted by Crippen LogP contribution is -2.25. The fourth-order valence-electron chi connectivity index (χ4n) is 1.71. The summed E-state index contributed by atoms with van der Waals surface area (Å²) >= 11 is 1.59. The molecule has 0 spiro atoms. The molecule has 0 bridgehead atoms. The van der Waals surface area contributed by atoms with Crippen LogP contribution in [0.15, 0.2) is 46.0 Å². The van der Waals surface area contributed by atoms with Gasteiger partial charge in [0.25, 0.3) is 0 Å². The zero-order valence-electron chi connectivity index (χ0n) is 11.2. The Kier molecular flexibility index (Phi) is 5.53. The molecule has 21 heavy (non-hydrogen) atoms. The molecule has 0 fully saturated rings. The Morgan fingerprint density at radius 1 is 1.19 bits per heavy atom. The van der Waals surface area contributed by atoms with Gasteiger partial charge in [0.15, 0.2) is 0 Å². The van der Waals surface area contributed by atoms with Gasteiger partial charge in [-0.3, -0.25) is 0 Å². The van der Waals surface area contributed by atoms with E-state index in [2.05, 4.69) is 16.6 Å². The lowest BCUT2D eigenvalue weighted by Gasteiger charge is -2.06. The van der Waals surface area contributed by atoms with Crippen LogP contribution in [-0.4, -0.2) is 26.7 Å². The van der Waals surface area contributed by atoms with Crippen LogP contribution >= 0.6 is 11.3 Å². The van der Waals surface area contributed by atoms with Gasteiger partial charge in [-0.05, 0) is 53.1 Å². The Labute approximate surface area is 128 Å². The molecule has 0 radical (unpaired) electrons. The van der Waals surface area contributed by atoms with E-state index in [0.29, 0.717) is 18.5 Å². The fraction of sp³-hybridized carbons (Fsp3) is 0.200. The van der Waals surface area contributed by atoms with Crippen molar-refractivity contribution >= 4 is 21.4 Å². The highest BCUT2D eigenvalue weighted by Crippen LogP contribution is 2.11. The van der Waals surface area contributed by atoms with Gasteiger partial charge in [-0.15, -0.1) is 0 Å². The monoisotopic (exact) mass is 321 g/mol. The zero-order valence-corrected chi connectivity index (χ0v) is 12.9. The average Bonchev–Trinajstić information content (AvgIpc) is 2.98. The Morgan fingerprint density at radius 2 is 1.95 bits per heavy atom. The molecule has 6 heteroatoms. The Morgan fingerprint density at radius 3 is 2.57 bits per heavy atom. The summed E-state index contributed by atoms with van der Waals surface area (Å²) in [7, 11) is -3.49. The van der Waals surface area contributed by atoms with E-state index in [4.69, 9.17) is 5.11 Å². The third-order valence-electron chi connectivity index (χ3n) is 2.76. The molecular weight excluding hydrogens is 306 g/mol. The minimum atomic E-state index is -3.49. The molecule has 2 N–H and O–H groups in total. The van der Waals surface area contributed by atoms with Crippen LogP contribution in [0.25, 0.3) is 0 Å². The average molecular weight is 321 g/mol. The summed E-state index contributed by atoms with van der Waals surface area (Å²) < 4.78 is 26.8. The summed E-state index contributed by atoms with van der Waals surface area (Å²) in [4.78, 5) is 0.211. The fourth-order valence-corrected chi connectivity index (χ4v) is 3.44. The SMILES string of the molecule is O=S(=O)(NCCc1ccsc1)c1ccc(C#CCO)cc1. The summed E-state index contributed by atoms with van der Waals surface area (Å²) in [6.07, 6.45) is 0.669. The minimum Gasteiger partial charge on any atom is -0.384 e. The first kappa shape index (κ1) is 15.7. The van der Waals surface area contributed by atoms with Crippen molar-refractivity contribution in [3.8, 4) is 11.8 Å². The molecule has 0 aliphatic rings. The molecule has 0 unspecified atom stereocenters. The van der Waals surface area contributed by atoms with E-state index in [9.17, 15) is 8.42 Å². The van der Waals surface area contributed by atoms with Gasteiger partial charge in [0, 0.05) is 12.1 Å². The van der Waals surface area contributed by atoms with Crippen LogP contribution in [0.3, 0.4) is 0 Å². The van der Waals surface area contributed by atoms with Crippen molar-refractivity contribution < 1.29 is 13.5 Å². The predicted molar refractivity (Wildman–Crippen MR) is 83.6 cm³/mol. The summed E-state index contributed by atoms with van der Waals surface area (Å²) in [5.41, 5.74) is 1.79. The van der Waals surface area contributed by atoms with Gasteiger partial charge in [0.2, 0.25) is 10.0 Å². The maximum absolute atomic E-state index is 12.1. The van der Waals surface area contributed by atoms with Gasteiger partial charge >= 0.3 is 0 Å².